The number of morpholine rings is 1. The number of fused-ring (bicyclic) bond motifs is 1. The monoisotopic (exact) mass is 471 g/mol. The number of ether oxygens (including phenoxy) is 1. The van der Waals surface area contributed by atoms with Crippen LogP contribution in [0.15, 0.2) is 36.4 Å². The van der Waals surface area contributed by atoms with Gasteiger partial charge in [-0.2, -0.15) is 13.2 Å². The molecule has 1 fully saturated rings. The molecule has 4 rings (SSSR count). The van der Waals surface area contributed by atoms with Gasteiger partial charge in [-0.3, -0.25) is 14.6 Å². The van der Waals surface area contributed by atoms with Crippen molar-refractivity contribution in [3.63, 3.8) is 0 Å². The van der Waals surface area contributed by atoms with Crippen molar-refractivity contribution in [1.82, 2.24) is 9.88 Å². The Balaban J connectivity index is 1.65. The Morgan fingerprint density at radius 2 is 1.81 bits per heavy atom. The van der Waals surface area contributed by atoms with Crippen molar-refractivity contribution in [2.75, 3.05) is 44.3 Å². The van der Waals surface area contributed by atoms with Gasteiger partial charge >= 0.3 is 6.18 Å². The fourth-order valence-corrected chi connectivity index (χ4v) is 4.40. The first-order valence-corrected chi connectivity index (χ1v) is 10.6. The molecule has 3 aromatic rings. The number of carbonyl (C=O) groups excluding carboxylic acids is 1. The van der Waals surface area contributed by atoms with Gasteiger partial charge in [-0.25, -0.2) is 13.8 Å². The fraction of sp³-hybridized carbons (Fsp3) is 0.333. The molecule has 0 radical (unpaired) electrons. The van der Waals surface area contributed by atoms with Crippen LogP contribution in [-0.2, 0) is 10.9 Å². The molecule has 11 heteroatoms. The Bertz CT molecular complexity index is 1110. The van der Waals surface area contributed by atoms with E-state index in [-0.39, 0.29) is 27.5 Å². The topological polar surface area (TPSA) is 45.7 Å². The molecular weight excluding hydrogens is 453 g/mol. The zero-order valence-electron chi connectivity index (χ0n) is 16.7. The lowest BCUT2D eigenvalue weighted by atomic mass is 10.1. The van der Waals surface area contributed by atoms with Crippen molar-refractivity contribution in [1.29, 1.82) is 0 Å². The first-order chi connectivity index (χ1) is 15.2. The average molecular weight is 471 g/mol. The maximum absolute atomic E-state index is 14.2. The Morgan fingerprint density at radius 1 is 1.12 bits per heavy atom. The van der Waals surface area contributed by atoms with E-state index in [1.165, 1.54) is 4.90 Å². The Kier molecular flexibility index (Phi) is 6.40. The van der Waals surface area contributed by atoms with Crippen molar-refractivity contribution >= 4 is 32.6 Å². The molecule has 2 heterocycles. The largest absolute Gasteiger partial charge is 0.416 e. The van der Waals surface area contributed by atoms with Gasteiger partial charge in [-0.05, 0) is 30.3 Å². The van der Waals surface area contributed by atoms with E-state index in [1.54, 1.807) is 0 Å². The first kappa shape index (κ1) is 22.6. The summed E-state index contributed by atoms with van der Waals surface area (Å²) in [6, 6.07) is 5.70. The van der Waals surface area contributed by atoms with Gasteiger partial charge in [-0.15, -0.1) is 0 Å². The maximum Gasteiger partial charge on any atom is 0.416 e. The van der Waals surface area contributed by atoms with Crippen LogP contribution >= 0.6 is 11.3 Å². The molecule has 1 aliphatic heterocycles. The molecule has 0 unspecified atom stereocenters. The van der Waals surface area contributed by atoms with Gasteiger partial charge in [0.2, 0.25) is 0 Å². The van der Waals surface area contributed by atoms with Gasteiger partial charge in [0.25, 0.3) is 5.91 Å². The van der Waals surface area contributed by atoms with E-state index < -0.39 is 29.3 Å². The number of alkyl halides is 3. The molecule has 1 saturated heterocycles. The lowest BCUT2D eigenvalue weighted by molar-refractivity contribution is -0.137. The molecule has 0 spiro atoms. The van der Waals surface area contributed by atoms with Crippen molar-refractivity contribution in [3.05, 3.63) is 59.2 Å². The number of amides is 1. The summed E-state index contributed by atoms with van der Waals surface area (Å²) in [6.45, 7) is 3.08. The molecular formula is C21H18F5N3O2S. The van der Waals surface area contributed by atoms with E-state index >= 15 is 0 Å². The Morgan fingerprint density at radius 3 is 2.47 bits per heavy atom. The molecule has 32 heavy (non-hydrogen) atoms. The summed E-state index contributed by atoms with van der Waals surface area (Å²) in [5.74, 6) is -2.19. The molecule has 0 aliphatic carbocycles. The highest BCUT2D eigenvalue weighted by Crippen LogP contribution is 2.33. The van der Waals surface area contributed by atoms with E-state index in [2.05, 4.69) is 9.88 Å². The van der Waals surface area contributed by atoms with E-state index in [1.807, 2.05) is 0 Å². The quantitative estimate of drug-likeness (QED) is 0.512. The maximum atomic E-state index is 14.2. The van der Waals surface area contributed by atoms with Crippen LogP contribution in [0, 0.1) is 11.6 Å². The molecule has 2 aromatic carbocycles. The SMILES string of the molecule is O=C(c1ccc(C(F)(F)F)cc1)N(CCN1CCOCC1)c1nc2c(F)cc(F)cc2s1. The number of hydrogen-bond donors (Lipinski definition) is 0. The minimum Gasteiger partial charge on any atom is -0.379 e. The van der Waals surface area contributed by atoms with Gasteiger partial charge in [0, 0.05) is 37.8 Å². The predicted octanol–water partition coefficient (Wildman–Crippen LogP) is 4.57. The number of rotatable bonds is 5. The van der Waals surface area contributed by atoms with Crippen molar-refractivity contribution < 1.29 is 31.5 Å². The van der Waals surface area contributed by atoms with Crippen LogP contribution in [0.25, 0.3) is 10.2 Å². The highest BCUT2D eigenvalue weighted by molar-refractivity contribution is 7.22. The molecule has 1 aliphatic rings. The highest BCUT2D eigenvalue weighted by atomic mass is 32.1. The summed E-state index contributed by atoms with van der Waals surface area (Å²) in [6.07, 6.45) is -4.52. The fourth-order valence-electron chi connectivity index (χ4n) is 3.37. The van der Waals surface area contributed by atoms with E-state index in [4.69, 9.17) is 4.74 Å². The second-order valence-corrected chi connectivity index (χ2v) is 8.23. The molecule has 0 saturated carbocycles. The normalized spacial score (nSPS) is 15.3. The third-order valence-corrected chi connectivity index (χ3v) is 6.11. The lowest BCUT2D eigenvalue weighted by Crippen LogP contribution is -2.43. The van der Waals surface area contributed by atoms with Gasteiger partial charge in [0.1, 0.15) is 11.3 Å². The van der Waals surface area contributed by atoms with E-state index in [0.29, 0.717) is 38.9 Å². The third kappa shape index (κ3) is 4.89. The van der Waals surface area contributed by atoms with Crippen molar-refractivity contribution in [3.8, 4) is 0 Å². The minimum atomic E-state index is -4.52. The number of anilines is 1. The number of nitrogens with zero attached hydrogens (tertiary/aromatic N) is 3. The van der Waals surface area contributed by atoms with E-state index in [0.717, 1.165) is 41.7 Å². The first-order valence-electron chi connectivity index (χ1n) is 9.77. The second kappa shape index (κ2) is 9.08. The molecule has 170 valence electrons. The van der Waals surface area contributed by atoms with E-state index in [9.17, 15) is 26.7 Å². The zero-order chi connectivity index (χ0) is 22.9. The van der Waals surface area contributed by atoms with Crippen LogP contribution in [0.5, 0.6) is 0 Å². The molecule has 1 aromatic heterocycles. The Hall–Kier alpha value is -2.63. The third-order valence-electron chi connectivity index (χ3n) is 5.08. The van der Waals surface area contributed by atoms with Crippen LogP contribution in [-0.4, -0.2) is 55.2 Å². The molecule has 5 nitrogen and oxygen atoms in total. The molecule has 1 amide bonds. The van der Waals surface area contributed by atoms with Crippen LogP contribution in [0.2, 0.25) is 0 Å². The number of aromatic nitrogens is 1. The molecule has 0 atom stereocenters. The predicted molar refractivity (Wildman–Crippen MR) is 110 cm³/mol. The van der Waals surface area contributed by atoms with Gasteiger partial charge in [0.05, 0.1) is 23.5 Å². The minimum absolute atomic E-state index is 0.0332. The number of carbonyl (C=O) groups is 1. The summed E-state index contributed by atoms with van der Waals surface area (Å²) in [5.41, 5.74) is -0.902. The van der Waals surface area contributed by atoms with Crippen molar-refractivity contribution in [2.24, 2.45) is 0 Å². The average Bonchev–Trinajstić information content (AvgIpc) is 3.18. The number of benzene rings is 2. The lowest BCUT2D eigenvalue weighted by Gasteiger charge is -2.29. The van der Waals surface area contributed by atoms with Crippen LogP contribution in [0.4, 0.5) is 27.1 Å². The van der Waals surface area contributed by atoms with Gasteiger partial charge in [0.15, 0.2) is 10.9 Å². The summed E-state index contributed by atoms with van der Waals surface area (Å²) in [7, 11) is 0. The summed E-state index contributed by atoms with van der Waals surface area (Å²) in [4.78, 5) is 20.8. The Labute approximate surface area is 184 Å². The van der Waals surface area contributed by atoms with Crippen LogP contribution < -0.4 is 4.90 Å². The standard InChI is InChI=1S/C21H18F5N3O2S/c22-15-11-16(23)18-17(12-15)32-20(27-18)29(6-5-28-7-9-31-10-8-28)19(30)13-1-3-14(4-2-13)21(24,25)26/h1-4,11-12H,5-10H2. The zero-order valence-corrected chi connectivity index (χ0v) is 17.5. The van der Waals surface area contributed by atoms with Gasteiger partial charge < -0.3 is 4.74 Å². The summed E-state index contributed by atoms with van der Waals surface area (Å²) >= 11 is 0.941. The van der Waals surface area contributed by atoms with Crippen LogP contribution in [0.3, 0.4) is 0 Å². The molecule has 0 bridgehead atoms. The number of halogens is 5. The second-order valence-electron chi connectivity index (χ2n) is 7.22. The highest BCUT2D eigenvalue weighted by Gasteiger charge is 2.31. The van der Waals surface area contributed by atoms with Crippen molar-refractivity contribution in [2.45, 2.75) is 6.18 Å². The van der Waals surface area contributed by atoms with Gasteiger partial charge in [-0.1, -0.05) is 11.3 Å². The smallest absolute Gasteiger partial charge is 0.379 e. The number of thiazole rings is 1. The van der Waals surface area contributed by atoms with Crippen LogP contribution in [0.1, 0.15) is 15.9 Å². The molecule has 0 N–H and O–H groups in total. The summed E-state index contributed by atoms with van der Waals surface area (Å²) < 4.78 is 71.9. The number of hydrogen-bond acceptors (Lipinski definition) is 5. The summed E-state index contributed by atoms with van der Waals surface area (Å²) in [5, 5.41) is 0.141.